The minimum absolute atomic E-state index is 0.196. The van der Waals surface area contributed by atoms with Gasteiger partial charge in [-0.2, -0.15) is 0 Å². The van der Waals surface area contributed by atoms with E-state index in [9.17, 15) is 9.59 Å². The highest BCUT2D eigenvalue weighted by molar-refractivity contribution is 5.94. The summed E-state index contributed by atoms with van der Waals surface area (Å²) in [7, 11) is 0. The molecule has 0 aromatic heterocycles. The van der Waals surface area contributed by atoms with Crippen molar-refractivity contribution in [2.45, 2.75) is 46.6 Å². The van der Waals surface area contributed by atoms with Gasteiger partial charge < -0.3 is 10.2 Å². The Hall–Kier alpha value is -1.10. The summed E-state index contributed by atoms with van der Waals surface area (Å²) in [4.78, 5) is 24.7. The highest BCUT2D eigenvalue weighted by Crippen LogP contribution is 2.11. The molecule has 1 aliphatic heterocycles. The molecule has 3 N–H and O–H groups in total. The Morgan fingerprint density at radius 1 is 1.16 bits per heavy atom. The van der Waals surface area contributed by atoms with Gasteiger partial charge in [0.1, 0.15) is 0 Å². The molecule has 110 valence electrons. The number of amides is 3. The molecular formula is C14H28N3O2+. The van der Waals surface area contributed by atoms with Gasteiger partial charge in [0, 0.05) is 17.4 Å². The summed E-state index contributed by atoms with van der Waals surface area (Å²) in [6.07, 6.45) is 1.23. The van der Waals surface area contributed by atoms with Crippen LogP contribution in [0.1, 0.15) is 41.0 Å². The number of hydrogen-bond acceptors (Lipinski definition) is 2. The first-order valence-corrected chi connectivity index (χ1v) is 7.11. The minimum Gasteiger partial charge on any atom is -0.333 e. The molecule has 0 aromatic carbocycles. The lowest BCUT2D eigenvalue weighted by Gasteiger charge is -2.31. The summed E-state index contributed by atoms with van der Waals surface area (Å²) in [5.74, 6) is 1.10. The molecule has 1 fully saturated rings. The van der Waals surface area contributed by atoms with Gasteiger partial charge in [-0.1, -0.05) is 13.8 Å². The number of likely N-dealkylation sites (tertiary alicyclic amines) is 1. The molecule has 5 heteroatoms. The molecule has 5 nitrogen and oxygen atoms in total. The van der Waals surface area contributed by atoms with Crippen molar-refractivity contribution >= 4 is 11.9 Å². The largest absolute Gasteiger partial charge is 0.333 e. The molecule has 0 radical (unpaired) electrons. The normalized spacial score (nSPS) is 27.7. The fraction of sp³-hybridized carbons (Fsp3) is 0.857. The van der Waals surface area contributed by atoms with Crippen molar-refractivity contribution in [1.29, 1.82) is 0 Å². The molecule has 0 spiro atoms. The fourth-order valence-electron chi connectivity index (χ4n) is 2.84. The molecule has 2 atom stereocenters. The van der Waals surface area contributed by atoms with Crippen LogP contribution in [-0.2, 0) is 4.79 Å². The third kappa shape index (κ3) is 6.57. The van der Waals surface area contributed by atoms with E-state index in [0.29, 0.717) is 18.4 Å². The summed E-state index contributed by atoms with van der Waals surface area (Å²) < 4.78 is 0. The summed E-state index contributed by atoms with van der Waals surface area (Å²) in [6.45, 7) is 12.5. The lowest BCUT2D eigenvalue weighted by Crippen LogP contribution is -3.15. The Kier molecular flexibility index (Phi) is 5.35. The second kappa shape index (κ2) is 6.37. The molecule has 0 aliphatic carbocycles. The van der Waals surface area contributed by atoms with Crippen LogP contribution in [-0.4, -0.2) is 37.1 Å². The minimum atomic E-state index is -0.407. The van der Waals surface area contributed by atoms with Gasteiger partial charge >= 0.3 is 6.03 Å². The lowest BCUT2D eigenvalue weighted by atomic mass is 9.92. The maximum Gasteiger partial charge on any atom is 0.322 e. The Bertz CT molecular complexity index is 326. The fourth-order valence-corrected chi connectivity index (χ4v) is 2.84. The van der Waals surface area contributed by atoms with Gasteiger partial charge in [0.15, 0.2) is 6.54 Å². The molecule has 19 heavy (non-hydrogen) atoms. The van der Waals surface area contributed by atoms with E-state index in [-0.39, 0.29) is 11.4 Å². The zero-order chi connectivity index (χ0) is 14.6. The van der Waals surface area contributed by atoms with E-state index >= 15 is 0 Å². The maximum atomic E-state index is 11.8. The number of rotatable bonds is 2. The standard InChI is InChI=1S/C14H27N3O2/c1-10-6-11(2)8-17(7-10)9-12(18)15-13(19)16-14(3,4)5/h10-11H,6-9H2,1-5H3,(H2,15,16,18,19)/p+1/t10-,11-/m0/s1. The molecule has 1 heterocycles. The Balaban J connectivity index is 2.36. The van der Waals surface area contributed by atoms with E-state index in [1.165, 1.54) is 11.3 Å². The molecular weight excluding hydrogens is 242 g/mol. The van der Waals surface area contributed by atoms with Crippen molar-refractivity contribution in [3.63, 3.8) is 0 Å². The monoisotopic (exact) mass is 270 g/mol. The molecule has 0 aromatic rings. The van der Waals surface area contributed by atoms with Gasteiger partial charge in [-0.3, -0.25) is 10.1 Å². The predicted molar refractivity (Wildman–Crippen MR) is 74.9 cm³/mol. The van der Waals surface area contributed by atoms with Crippen LogP contribution < -0.4 is 15.5 Å². The van der Waals surface area contributed by atoms with Crippen LogP contribution in [0.4, 0.5) is 4.79 Å². The molecule has 0 bridgehead atoms. The predicted octanol–water partition coefficient (Wildman–Crippen LogP) is 0.172. The van der Waals surface area contributed by atoms with Crippen LogP contribution in [0, 0.1) is 11.8 Å². The van der Waals surface area contributed by atoms with Gasteiger partial charge in [-0.15, -0.1) is 0 Å². The topological polar surface area (TPSA) is 62.6 Å². The van der Waals surface area contributed by atoms with E-state index in [0.717, 1.165) is 13.1 Å². The Morgan fingerprint density at radius 3 is 2.16 bits per heavy atom. The summed E-state index contributed by atoms with van der Waals surface area (Å²) in [5.41, 5.74) is -0.328. The van der Waals surface area contributed by atoms with Crippen molar-refractivity contribution in [3.8, 4) is 0 Å². The summed E-state index contributed by atoms with van der Waals surface area (Å²) in [6, 6.07) is -0.407. The number of hydrogen-bond donors (Lipinski definition) is 3. The molecule has 1 rings (SSSR count). The first-order valence-electron chi connectivity index (χ1n) is 7.11. The van der Waals surface area contributed by atoms with Crippen LogP contribution in [0.15, 0.2) is 0 Å². The maximum absolute atomic E-state index is 11.8. The first-order chi connectivity index (χ1) is 8.65. The highest BCUT2D eigenvalue weighted by atomic mass is 16.2. The van der Waals surface area contributed by atoms with Crippen LogP contribution in [0.3, 0.4) is 0 Å². The number of urea groups is 1. The number of imide groups is 1. The third-order valence-corrected chi connectivity index (χ3v) is 3.23. The number of carbonyl (C=O) groups excluding carboxylic acids is 2. The highest BCUT2D eigenvalue weighted by Gasteiger charge is 2.27. The van der Waals surface area contributed by atoms with E-state index in [2.05, 4.69) is 24.5 Å². The van der Waals surface area contributed by atoms with Crippen LogP contribution in [0.5, 0.6) is 0 Å². The van der Waals surface area contributed by atoms with Crippen LogP contribution >= 0.6 is 0 Å². The molecule has 0 unspecified atom stereocenters. The van der Waals surface area contributed by atoms with E-state index in [4.69, 9.17) is 0 Å². The van der Waals surface area contributed by atoms with E-state index in [1.54, 1.807) is 0 Å². The molecule has 3 amide bonds. The smallest absolute Gasteiger partial charge is 0.322 e. The summed E-state index contributed by atoms with van der Waals surface area (Å²) >= 11 is 0. The quantitative estimate of drug-likeness (QED) is 0.670. The van der Waals surface area contributed by atoms with Crippen molar-refractivity contribution in [2.75, 3.05) is 19.6 Å². The second-order valence-corrected chi connectivity index (χ2v) is 7.03. The van der Waals surface area contributed by atoms with Gasteiger partial charge in [-0.25, -0.2) is 4.79 Å². The molecule has 1 saturated heterocycles. The number of nitrogens with one attached hydrogen (secondary N) is 3. The average molecular weight is 270 g/mol. The Labute approximate surface area is 116 Å². The number of piperidine rings is 1. The Morgan fingerprint density at radius 2 is 1.68 bits per heavy atom. The van der Waals surface area contributed by atoms with Crippen LogP contribution in [0.2, 0.25) is 0 Å². The lowest BCUT2D eigenvalue weighted by molar-refractivity contribution is -0.904. The number of quaternary nitrogens is 1. The van der Waals surface area contributed by atoms with Crippen LogP contribution in [0.25, 0.3) is 0 Å². The third-order valence-electron chi connectivity index (χ3n) is 3.23. The molecule has 1 aliphatic rings. The van der Waals surface area contributed by atoms with Gasteiger partial charge in [0.05, 0.1) is 13.1 Å². The van der Waals surface area contributed by atoms with Gasteiger partial charge in [0.2, 0.25) is 0 Å². The van der Waals surface area contributed by atoms with Gasteiger partial charge in [-0.05, 0) is 27.2 Å². The zero-order valence-electron chi connectivity index (χ0n) is 12.8. The average Bonchev–Trinajstić information content (AvgIpc) is 2.10. The van der Waals surface area contributed by atoms with Crippen molar-refractivity contribution in [1.82, 2.24) is 10.6 Å². The second-order valence-electron chi connectivity index (χ2n) is 7.03. The van der Waals surface area contributed by atoms with Crippen molar-refractivity contribution < 1.29 is 14.5 Å². The SMILES string of the molecule is C[C@H]1C[C@H](C)C[NH+](CC(=O)NC(=O)NC(C)(C)C)C1. The zero-order valence-corrected chi connectivity index (χ0v) is 12.8. The van der Waals surface area contributed by atoms with E-state index < -0.39 is 6.03 Å². The first kappa shape index (κ1) is 16.0. The van der Waals surface area contributed by atoms with Gasteiger partial charge in [0.25, 0.3) is 5.91 Å². The molecule has 0 saturated carbocycles. The number of carbonyl (C=O) groups is 2. The summed E-state index contributed by atoms with van der Waals surface area (Å²) in [5, 5.41) is 5.13. The van der Waals surface area contributed by atoms with Crippen molar-refractivity contribution in [2.24, 2.45) is 11.8 Å². The van der Waals surface area contributed by atoms with E-state index in [1.807, 2.05) is 20.8 Å². The van der Waals surface area contributed by atoms with Crippen molar-refractivity contribution in [3.05, 3.63) is 0 Å².